The van der Waals surface area contributed by atoms with Crippen LogP contribution in [0.1, 0.15) is 0 Å². The molecule has 0 saturated carbocycles. The van der Waals surface area contributed by atoms with E-state index in [1.54, 1.807) is 16.4 Å². The molecule has 0 saturated heterocycles. The minimum atomic E-state index is -0.397. The van der Waals surface area contributed by atoms with Gasteiger partial charge in [0.15, 0.2) is 0 Å². The third-order valence-electron chi connectivity index (χ3n) is 0.772. The molecular weight excluding hydrogens is 136 g/mol. The van der Waals surface area contributed by atoms with E-state index in [1.165, 1.54) is 0 Å². The van der Waals surface area contributed by atoms with Crippen molar-refractivity contribution in [3.63, 3.8) is 0 Å². The summed E-state index contributed by atoms with van der Waals surface area (Å²) in [6.07, 6.45) is 3.52. The molecule has 1 heterocycles. The normalized spacial score (nSPS) is 9.33. The Kier molecular flexibility index (Phi) is 1.79. The number of nitrogens with zero attached hydrogens (tertiary/aromatic N) is 1. The molecule has 3 nitrogen and oxygen atoms in total. The Morgan fingerprint density at radius 2 is 2.00 bits per heavy atom. The zero-order valence-corrected chi connectivity index (χ0v) is 5.47. The van der Waals surface area contributed by atoms with Crippen LogP contribution in [0.4, 0.5) is 4.79 Å². The number of aromatic nitrogens is 1. The van der Waals surface area contributed by atoms with E-state index in [4.69, 9.17) is 5.73 Å². The SMILES string of the molecule is NC(=O)Sn1cccc1. The minimum absolute atomic E-state index is 0.397. The highest BCUT2D eigenvalue weighted by Crippen LogP contribution is 2.04. The van der Waals surface area contributed by atoms with Gasteiger partial charge in [-0.2, -0.15) is 0 Å². The van der Waals surface area contributed by atoms with Crippen LogP contribution in [-0.2, 0) is 0 Å². The lowest BCUT2D eigenvalue weighted by molar-refractivity contribution is 0.267. The first kappa shape index (κ1) is 6.22. The molecule has 0 aromatic carbocycles. The van der Waals surface area contributed by atoms with E-state index in [-0.39, 0.29) is 0 Å². The molecule has 1 amide bonds. The van der Waals surface area contributed by atoms with Crippen LogP contribution in [0.15, 0.2) is 24.5 Å². The fourth-order valence-corrected chi connectivity index (χ4v) is 0.954. The monoisotopic (exact) mass is 142 g/mol. The van der Waals surface area contributed by atoms with Crippen molar-refractivity contribution in [2.45, 2.75) is 0 Å². The first-order valence-electron chi connectivity index (χ1n) is 2.40. The zero-order valence-electron chi connectivity index (χ0n) is 4.65. The fraction of sp³-hybridized carbons (Fsp3) is 0. The predicted molar refractivity (Wildman–Crippen MR) is 37.0 cm³/mol. The van der Waals surface area contributed by atoms with Crippen LogP contribution < -0.4 is 5.73 Å². The van der Waals surface area contributed by atoms with Crippen molar-refractivity contribution in [2.24, 2.45) is 5.73 Å². The molecule has 0 unspecified atom stereocenters. The van der Waals surface area contributed by atoms with E-state index >= 15 is 0 Å². The van der Waals surface area contributed by atoms with Gasteiger partial charge in [0, 0.05) is 12.4 Å². The second-order valence-corrected chi connectivity index (χ2v) is 2.46. The van der Waals surface area contributed by atoms with Crippen LogP contribution in [0.25, 0.3) is 0 Å². The van der Waals surface area contributed by atoms with E-state index in [1.807, 2.05) is 12.1 Å². The maximum absolute atomic E-state index is 10.2. The quantitative estimate of drug-likeness (QED) is 0.637. The summed E-state index contributed by atoms with van der Waals surface area (Å²) in [5.41, 5.74) is 4.89. The third kappa shape index (κ3) is 1.81. The molecule has 0 aliphatic heterocycles. The van der Waals surface area contributed by atoms with Crippen molar-refractivity contribution in [1.82, 2.24) is 3.97 Å². The van der Waals surface area contributed by atoms with Crippen molar-refractivity contribution in [3.05, 3.63) is 24.5 Å². The molecule has 0 aliphatic rings. The van der Waals surface area contributed by atoms with Crippen LogP contribution in [0, 0.1) is 0 Å². The molecule has 0 bridgehead atoms. The standard InChI is InChI=1S/C5H6N2OS/c6-5(8)9-7-3-1-2-4-7/h1-4H,(H2,6,8). The van der Waals surface area contributed by atoms with Crippen LogP contribution >= 0.6 is 11.9 Å². The van der Waals surface area contributed by atoms with E-state index < -0.39 is 5.24 Å². The average molecular weight is 142 g/mol. The number of amides is 1. The molecule has 1 rings (SSSR count). The molecule has 0 radical (unpaired) electrons. The van der Waals surface area contributed by atoms with E-state index in [0.717, 1.165) is 11.9 Å². The zero-order chi connectivity index (χ0) is 6.69. The van der Waals surface area contributed by atoms with E-state index in [0.29, 0.717) is 0 Å². The number of carbonyl (C=O) groups excluding carboxylic acids is 1. The largest absolute Gasteiger partial charge is 0.359 e. The topological polar surface area (TPSA) is 48.0 Å². The van der Waals surface area contributed by atoms with E-state index in [9.17, 15) is 4.79 Å². The first-order valence-corrected chi connectivity index (χ1v) is 3.17. The molecule has 2 N–H and O–H groups in total. The Labute approximate surface area is 57.0 Å². The lowest BCUT2D eigenvalue weighted by atomic mass is 10.7. The van der Waals surface area contributed by atoms with Crippen LogP contribution in [0.5, 0.6) is 0 Å². The maximum Gasteiger partial charge on any atom is 0.297 e. The van der Waals surface area contributed by atoms with Crippen molar-refractivity contribution in [1.29, 1.82) is 0 Å². The summed E-state index contributed by atoms with van der Waals surface area (Å²) < 4.78 is 1.64. The summed E-state index contributed by atoms with van der Waals surface area (Å²) in [7, 11) is 0. The summed E-state index contributed by atoms with van der Waals surface area (Å²) in [6.45, 7) is 0. The van der Waals surface area contributed by atoms with Gasteiger partial charge in [-0.1, -0.05) is 0 Å². The Hall–Kier alpha value is -0.900. The van der Waals surface area contributed by atoms with E-state index in [2.05, 4.69) is 0 Å². The second-order valence-electron chi connectivity index (χ2n) is 1.45. The highest BCUT2D eigenvalue weighted by atomic mass is 32.2. The number of nitrogens with two attached hydrogens (primary N) is 1. The third-order valence-corrected chi connectivity index (χ3v) is 1.41. The Morgan fingerprint density at radius 3 is 2.44 bits per heavy atom. The van der Waals surface area contributed by atoms with Crippen molar-refractivity contribution >= 4 is 17.2 Å². The molecule has 0 aliphatic carbocycles. The lowest BCUT2D eigenvalue weighted by Crippen LogP contribution is -2.04. The van der Waals surface area contributed by atoms with Gasteiger partial charge in [0.05, 0.1) is 11.9 Å². The highest BCUT2D eigenvalue weighted by molar-refractivity contribution is 8.12. The predicted octanol–water partition coefficient (Wildman–Crippen LogP) is 1.06. The summed E-state index contributed by atoms with van der Waals surface area (Å²) >= 11 is 0.961. The van der Waals surface area contributed by atoms with Crippen molar-refractivity contribution in [3.8, 4) is 0 Å². The summed E-state index contributed by atoms with van der Waals surface area (Å²) in [6, 6.07) is 3.66. The summed E-state index contributed by atoms with van der Waals surface area (Å²) in [5, 5.41) is -0.397. The number of carbonyl (C=O) groups is 1. The molecule has 9 heavy (non-hydrogen) atoms. The number of primary amides is 1. The Morgan fingerprint density at radius 1 is 1.44 bits per heavy atom. The van der Waals surface area contributed by atoms with Gasteiger partial charge in [0.2, 0.25) is 0 Å². The van der Waals surface area contributed by atoms with Gasteiger partial charge < -0.3 is 5.73 Å². The molecule has 48 valence electrons. The van der Waals surface area contributed by atoms with Gasteiger partial charge in [-0.25, -0.2) is 0 Å². The van der Waals surface area contributed by atoms with Gasteiger partial charge in [0.25, 0.3) is 5.24 Å². The summed E-state index contributed by atoms with van der Waals surface area (Å²) in [4.78, 5) is 10.2. The average Bonchev–Trinajstić information content (AvgIpc) is 2.15. The molecule has 1 aromatic heterocycles. The van der Waals surface area contributed by atoms with Gasteiger partial charge in [-0.05, 0) is 12.1 Å². The minimum Gasteiger partial charge on any atom is -0.359 e. The van der Waals surface area contributed by atoms with Gasteiger partial charge in [-0.3, -0.25) is 8.77 Å². The van der Waals surface area contributed by atoms with Gasteiger partial charge in [-0.15, -0.1) is 0 Å². The molecular formula is C5H6N2OS. The Bertz CT molecular complexity index is 195. The Balaban J connectivity index is 2.58. The van der Waals surface area contributed by atoms with Gasteiger partial charge in [0.1, 0.15) is 0 Å². The lowest BCUT2D eigenvalue weighted by Gasteiger charge is -1.92. The maximum atomic E-state index is 10.2. The first-order chi connectivity index (χ1) is 4.29. The van der Waals surface area contributed by atoms with Crippen LogP contribution in [0.2, 0.25) is 0 Å². The molecule has 1 aromatic rings. The van der Waals surface area contributed by atoms with Crippen LogP contribution in [0.3, 0.4) is 0 Å². The fourth-order valence-electron chi connectivity index (χ4n) is 0.483. The molecule has 0 spiro atoms. The van der Waals surface area contributed by atoms with Crippen LogP contribution in [-0.4, -0.2) is 9.21 Å². The number of rotatable bonds is 1. The smallest absolute Gasteiger partial charge is 0.297 e. The second kappa shape index (κ2) is 2.59. The molecule has 0 fully saturated rings. The molecule has 0 atom stereocenters. The highest BCUT2D eigenvalue weighted by Gasteiger charge is 1.93. The summed E-state index contributed by atoms with van der Waals surface area (Å²) in [5.74, 6) is 0. The van der Waals surface area contributed by atoms with Crippen molar-refractivity contribution in [2.75, 3.05) is 0 Å². The molecule has 4 heteroatoms. The van der Waals surface area contributed by atoms with Gasteiger partial charge >= 0.3 is 0 Å². The number of hydrogen-bond donors (Lipinski definition) is 1. The van der Waals surface area contributed by atoms with Crippen molar-refractivity contribution < 1.29 is 4.79 Å². The number of hydrogen-bond acceptors (Lipinski definition) is 2.